The Kier molecular flexibility index (Phi) is 7.18. The molecule has 24 heavy (non-hydrogen) atoms. The molecule has 3 N–H and O–H groups in total. The number of carbonyl (C=O) groups is 2. The number of aldehydes is 1. The van der Waals surface area contributed by atoms with Crippen molar-refractivity contribution in [3.05, 3.63) is 29.3 Å². The van der Waals surface area contributed by atoms with Crippen LogP contribution in [-0.2, 0) is 4.74 Å². The van der Waals surface area contributed by atoms with E-state index >= 15 is 0 Å². The normalized spacial score (nSPS) is 13.8. The maximum Gasteiger partial charge on any atom is 0.407 e. The Morgan fingerprint density at radius 3 is 2.54 bits per heavy atom. The first-order valence-electron chi connectivity index (χ1n) is 7.64. The van der Waals surface area contributed by atoms with Gasteiger partial charge in [0.2, 0.25) is 0 Å². The molecule has 134 valence electrons. The summed E-state index contributed by atoms with van der Waals surface area (Å²) in [5, 5.41) is 22.9. The molecule has 0 aromatic heterocycles. The zero-order valence-electron chi connectivity index (χ0n) is 14.4. The minimum absolute atomic E-state index is 0.106. The van der Waals surface area contributed by atoms with E-state index in [1.807, 2.05) is 0 Å². The van der Waals surface area contributed by atoms with Gasteiger partial charge in [0.15, 0.2) is 0 Å². The van der Waals surface area contributed by atoms with E-state index < -0.39 is 23.9 Å². The summed E-state index contributed by atoms with van der Waals surface area (Å²) in [5.74, 6) is 0.368. The molecule has 2 unspecified atom stereocenters. The summed E-state index contributed by atoms with van der Waals surface area (Å²) in [6.45, 7) is 5.37. The molecule has 7 nitrogen and oxygen atoms in total. The lowest BCUT2D eigenvalue weighted by Gasteiger charge is -2.22. The summed E-state index contributed by atoms with van der Waals surface area (Å²) in [6.07, 6.45) is -2.23. The summed E-state index contributed by atoms with van der Waals surface area (Å²) >= 11 is 0. The Bertz CT molecular complexity index is 567. The highest BCUT2D eigenvalue weighted by Crippen LogP contribution is 2.29. The van der Waals surface area contributed by atoms with Crippen molar-refractivity contribution < 1.29 is 29.3 Å². The first kappa shape index (κ1) is 19.9. The molecule has 0 aliphatic heterocycles. The van der Waals surface area contributed by atoms with Gasteiger partial charge in [-0.15, -0.1) is 0 Å². The molecule has 1 amide bonds. The number of alkyl carbamates (subject to hydrolysis) is 1. The average molecular weight is 339 g/mol. The van der Waals surface area contributed by atoms with Crippen molar-refractivity contribution in [2.24, 2.45) is 0 Å². The maximum atomic E-state index is 11.5. The lowest BCUT2D eigenvalue weighted by atomic mass is 9.99. The van der Waals surface area contributed by atoms with Gasteiger partial charge in [-0.2, -0.15) is 0 Å². The third kappa shape index (κ3) is 6.17. The zero-order chi connectivity index (χ0) is 18.3. The number of carbonyl (C=O) groups excluding carboxylic acids is 2. The van der Waals surface area contributed by atoms with Crippen molar-refractivity contribution in [1.82, 2.24) is 5.32 Å². The summed E-state index contributed by atoms with van der Waals surface area (Å²) < 4.78 is 10.2. The molecule has 0 radical (unpaired) electrons. The minimum Gasteiger partial charge on any atom is -0.496 e. The Morgan fingerprint density at radius 1 is 1.33 bits per heavy atom. The molecule has 1 rings (SSSR count). The second kappa shape index (κ2) is 8.65. The number of nitrogens with one attached hydrogen (secondary N) is 1. The van der Waals surface area contributed by atoms with Gasteiger partial charge in [0, 0.05) is 17.7 Å². The smallest absolute Gasteiger partial charge is 0.407 e. The highest BCUT2D eigenvalue weighted by atomic mass is 16.6. The standard InChI is InChI=1S/C17H25NO6/c1-17(2,3)24-16(22)18-8-7-13(20)15(21)12-9-11(10-19)5-6-14(12)23-4/h5-6,9-10,13,15,20-21H,7-8H2,1-4H3,(H,18,22). The molecule has 7 heteroatoms. The Morgan fingerprint density at radius 2 is 2.00 bits per heavy atom. The van der Waals surface area contributed by atoms with E-state index in [0.717, 1.165) is 0 Å². The molecule has 0 fully saturated rings. The van der Waals surface area contributed by atoms with Crippen LogP contribution in [0.3, 0.4) is 0 Å². The monoisotopic (exact) mass is 339 g/mol. The highest BCUT2D eigenvalue weighted by molar-refractivity contribution is 5.75. The van der Waals surface area contributed by atoms with Crippen molar-refractivity contribution >= 4 is 12.4 Å². The number of aliphatic hydroxyl groups excluding tert-OH is 2. The molecule has 0 saturated heterocycles. The highest BCUT2D eigenvalue weighted by Gasteiger charge is 2.23. The van der Waals surface area contributed by atoms with Crippen molar-refractivity contribution in [3.63, 3.8) is 0 Å². The molecule has 1 aromatic rings. The number of aliphatic hydroxyl groups is 2. The zero-order valence-corrected chi connectivity index (χ0v) is 14.4. The van der Waals surface area contributed by atoms with Crippen LogP contribution in [0, 0.1) is 0 Å². The predicted octanol–water partition coefficient (Wildman–Crippen LogP) is 1.82. The molecule has 0 heterocycles. The average Bonchev–Trinajstić information content (AvgIpc) is 2.51. The topological polar surface area (TPSA) is 105 Å². The third-order valence-electron chi connectivity index (χ3n) is 3.18. The Balaban J connectivity index is 2.63. The van der Waals surface area contributed by atoms with Crippen LogP contribution in [0.4, 0.5) is 4.79 Å². The van der Waals surface area contributed by atoms with Crippen LogP contribution >= 0.6 is 0 Å². The SMILES string of the molecule is COc1ccc(C=O)cc1C(O)C(O)CCNC(=O)OC(C)(C)C. The van der Waals surface area contributed by atoms with Gasteiger partial charge in [0.25, 0.3) is 0 Å². The van der Waals surface area contributed by atoms with Crippen molar-refractivity contribution in [1.29, 1.82) is 0 Å². The van der Waals surface area contributed by atoms with E-state index in [0.29, 0.717) is 23.2 Å². The number of ether oxygens (including phenoxy) is 2. The fraction of sp³-hybridized carbons (Fsp3) is 0.529. The van der Waals surface area contributed by atoms with Crippen LogP contribution in [0.15, 0.2) is 18.2 Å². The first-order valence-corrected chi connectivity index (χ1v) is 7.64. The van der Waals surface area contributed by atoms with E-state index in [-0.39, 0.29) is 13.0 Å². The number of methoxy groups -OCH3 is 1. The van der Waals surface area contributed by atoms with E-state index in [2.05, 4.69) is 5.32 Å². The van der Waals surface area contributed by atoms with Crippen LogP contribution in [0.2, 0.25) is 0 Å². The van der Waals surface area contributed by atoms with Gasteiger partial charge in [-0.3, -0.25) is 4.79 Å². The maximum absolute atomic E-state index is 11.5. The molecule has 0 aliphatic rings. The second-order valence-electron chi connectivity index (χ2n) is 6.35. The Labute approximate surface area is 141 Å². The van der Waals surface area contributed by atoms with Gasteiger partial charge in [0.05, 0.1) is 13.2 Å². The van der Waals surface area contributed by atoms with Crippen molar-refractivity contribution in [3.8, 4) is 5.75 Å². The van der Waals surface area contributed by atoms with Crippen LogP contribution in [0.5, 0.6) is 5.75 Å². The van der Waals surface area contributed by atoms with E-state index in [1.54, 1.807) is 32.9 Å². The molecule has 0 bridgehead atoms. The number of hydrogen-bond acceptors (Lipinski definition) is 6. The number of rotatable bonds is 7. The lowest BCUT2D eigenvalue weighted by Crippen LogP contribution is -2.34. The van der Waals surface area contributed by atoms with Crippen molar-refractivity contribution in [2.75, 3.05) is 13.7 Å². The van der Waals surface area contributed by atoms with Crippen LogP contribution in [-0.4, -0.2) is 48.0 Å². The van der Waals surface area contributed by atoms with Crippen molar-refractivity contribution in [2.45, 2.75) is 45.0 Å². The summed E-state index contributed by atoms with van der Waals surface area (Å²) in [6, 6.07) is 4.56. The molecule has 0 aliphatic carbocycles. The third-order valence-corrected chi connectivity index (χ3v) is 3.18. The van der Waals surface area contributed by atoms with Gasteiger partial charge in [-0.1, -0.05) is 0 Å². The molecular formula is C17H25NO6. The van der Waals surface area contributed by atoms with Crippen LogP contribution in [0.25, 0.3) is 0 Å². The lowest BCUT2D eigenvalue weighted by molar-refractivity contribution is 0.0110. The van der Waals surface area contributed by atoms with E-state index in [1.165, 1.54) is 13.2 Å². The predicted molar refractivity (Wildman–Crippen MR) is 88.2 cm³/mol. The number of amides is 1. The van der Waals surface area contributed by atoms with Gasteiger partial charge < -0.3 is 25.0 Å². The van der Waals surface area contributed by atoms with Crippen LogP contribution in [0.1, 0.15) is 49.2 Å². The first-order chi connectivity index (χ1) is 11.2. The summed E-state index contributed by atoms with van der Waals surface area (Å²) in [5.41, 5.74) is 0.0704. The van der Waals surface area contributed by atoms with E-state index in [4.69, 9.17) is 9.47 Å². The Hall–Kier alpha value is -2.12. The number of benzene rings is 1. The number of hydrogen-bond donors (Lipinski definition) is 3. The van der Waals surface area contributed by atoms with Gasteiger partial charge in [0.1, 0.15) is 23.7 Å². The summed E-state index contributed by atoms with van der Waals surface area (Å²) in [4.78, 5) is 22.4. The molecule has 0 saturated carbocycles. The van der Waals surface area contributed by atoms with Gasteiger partial charge in [-0.25, -0.2) is 4.79 Å². The molecule has 1 aromatic carbocycles. The van der Waals surface area contributed by atoms with Gasteiger partial charge in [-0.05, 0) is 45.4 Å². The molecular weight excluding hydrogens is 314 g/mol. The minimum atomic E-state index is -1.25. The molecule has 0 spiro atoms. The van der Waals surface area contributed by atoms with Gasteiger partial charge >= 0.3 is 6.09 Å². The van der Waals surface area contributed by atoms with E-state index in [9.17, 15) is 19.8 Å². The molecule has 2 atom stereocenters. The fourth-order valence-corrected chi connectivity index (χ4v) is 2.06. The second-order valence-corrected chi connectivity index (χ2v) is 6.35. The fourth-order valence-electron chi connectivity index (χ4n) is 2.06. The largest absolute Gasteiger partial charge is 0.496 e. The van der Waals surface area contributed by atoms with Crippen LogP contribution < -0.4 is 10.1 Å². The quantitative estimate of drug-likeness (QED) is 0.655. The summed E-state index contributed by atoms with van der Waals surface area (Å²) in [7, 11) is 1.43.